The van der Waals surface area contributed by atoms with Crippen molar-refractivity contribution < 1.29 is 15.0 Å². The van der Waals surface area contributed by atoms with Crippen LogP contribution in [-0.4, -0.2) is 50.9 Å². The second kappa shape index (κ2) is 6.12. The minimum absolute atomic E-state index is 0.0313. The van der Waals surface area contributed by atoms with Crippen molar-refractivity contribution in [3.63, 3.8) is 0 Å². The molecular formula is C12H20N4O3. The first-order valence-corrected chi connectivity index (χ1v) is 6.61. The number of nitrogens with one attached hydrogen (secondary N) is 1. The van der Waals surface area contributed by atoms with Crippen molar-refractivity contribution >= 4 is 5.97 Å². The zero-order valence-electron chi connectivity index (χ0n) is 11.0. The van der Waals surface area contributed by atoms with Gasteiger partial charge in [0.15, 0.2) is 5.69 Å². The first-order chi connectivity index (χ1) is 9.13. The summed E-state index contributed by atoms with van der Waals surface area (Å²) in [5.74, 6) is -0.825. The van der Waals surface area contributed by atoms with Crippen LogP contribution < -0.4 is 5.32 Å². The number of carbonyl (C=O) groups is 1. The number of aliphatic hydroxyl groups is 1. The van der Waals surface area contributed by atoms with Crippen LogP contribution in [0.25, 0.3) is 0 Å². The lowest BCUT2D eigenvalue weighted by Gasteiger charge is -2.24. The third-order valence-electron chi connectivity index (χ3n) is 3.50. The molecule has 1 saturated heterocycles. The van der Waals surface area contributed by atoms with E-state index in [-0.39, 0.29) is 24.1 Å². The molecule has 2 rings (SSSR count). The first kappa shape index (κ1) is 14.0. The summed E-state index contributed by atoms with van der Waals surface area (Å²) < 4.78 is 1.65. The number of aromatic nitrogens is 3. The van der Waals surface area contributed by atoms with Gasteiger partial charge in [0.1, 0.15) is 0 Å². The van der Waals surface area contributed by atoms with Gasteiger partial charge in [-0.1, -0.05) is 12.1 Å². The van der Waals surface area contributed by atoms with E-state index in [4.69, 9.17) is 5.11 Å². The number of aliphatic hydroxyl groups excluding tert-OH is 1. The maximum atomic E-state index is 11.3. The molecule has 7 heteroatoms. The Balaban J connectivity index is 2.29. The summed E-state index contributed by atoms with van der Waals surface area (Å²) in [4.78, 5) is 11.3. The van der Waals surface area contributed by atoms with Crippen LogP contribution in [0.1, 0.15) is 41.9 Å². The Labute approximate surface area is 111 Å². The largest absolute Gasteiger partial charge is 0.476 e. The van der Waals surface area contributed by atoms with Gasteiger partial charge in [-0.25, -0.2) is 9.48 Å². The highest BCUT2D eigenvalue weighted by Crippen LogP contribution is 2.27. The Morgan fingerprint density at radius 2 is 2.21 bits per heavy atom. The third kappa shape index (κ3) is 3.10. The van der Waals surface area contributed by atoms with E-state index < -0.39 is 5.97 Å². The van der Waals surface area contributed by atoms with E-state index in [1.54, 1.807) is 4.68 Å². The van der Waals surface area contributed by atoms with Crippen LogP contribution in [0.5, 0.6) is 0 Å². The summed E-state index contributed by atoms with van der Waals surface area (Å²) in [5, 5.41) is 29.3. The lowest BCUT2D eigenvalue weighted by atomic mass is 9.93. The molecule has 19 heavy (non-hydrogen) atoms. The average Bonchev–Trinajstić information content (AvgIpc) is 2.83. The summed E-state index contributed by atoms with van der Waals surface area (Å²) in [5.41, 5.74) is 0.756. The molecule has 1 aliphatic rings. The summed E-state index contributed by atoms with van der Waals surface area (Å²) in [6.07, 6.45) is 1.78. The van der Waals surface area contributed by atoms with Crippen LogP contribution in [0.4, 0.5) is 0 Å². The molecule has 106 valence electrons. The van der Waals surface area contributed by atoms with Gasteiger partial charge in [0.25, 0.3) is 0 Å². The number of hydrogen-bond acceptors (Lipinski definition) is 5. The molecule has 3 N–H and O–H groups in total. The summed E-state index contributed by atoms with van der Waals surface area (Å²) in [7, 11) is 0. The van der Waals surface area contributed by atoms with Gasteiger partial charge in [0, 0.05) is 19.1 Å². The summed E-state index contributed by atoms with van der Waals surface area (Å²) in [6.45, 7) is 4.20. The van der Waals surface area contributed by atoms with Gasteiger partial charge in [-0.2, -0.15) is 0 Å². The molecule has 1 atom stereocenters. The normalized spacial score (nSPS) is 18.4. The number of aromatic carboxylic acids is 1. The fraction of sp³-hybridized carbons (Fsp3) is 0.750. The minimum atomic E-state index is -1.03. The number of hydrogen-bond donors (Lipinski definition) is 3. The zero-order valence-corrected chi connectivity index (χ0v) is 11.0. The van der Waals surface area contributed by atoms with Gasteiger partial charge in [0.2, 0.25) is 0 Å². The molecule has 1 aliphatic heterocycles. The average molecular weight is 268 g/mol. The standard InChI is InChI=1S/C12H20N4O3/c1-8(7-17)6-16-11(9-2-4-13-5-3-9)10(12(18)19)14-15-16/h8-9,13,17H,2-7H2,1H3,(H,18,19). The second-order valence-corrected chi connectivity index (χ2v) is 5.12. The molecular weight excluding hydrogens is 248 g/mol. The lowest BCUT2D eigenvalue weighted by molar-refractivity contribution is 0.0688. The van der Waals surface area contributed by atoms with Crippen LogP contribution in [0, 0.1) is 5.92 Å². The molecule has 1 fully saturated rings. The molecule has 1 aromatic rings. The lowest BCUT2D eigenvalue weighted by Crippen LogP contribution is -2.29. The molecule has 0 amide bonds. The fourth-order valence-electron chi connectivity index (χ4n) is 2.46. The van der Waals surface area contributed by atoms with Crippen LogP contribution >= 0.6 is 0 Å². The highest BCUT2D eigenvalue weighted by molar-refractivity contribution is 5.86. The molecule has 7 nitrogen and oxygen atoms in total. The SMILES string of the molecule is CC(CO)Cn1nnc(C(=O)O)c1C1CCNCC1. The van der Waals surface area contributed by atoms with E-state index >= 15 is 0 Å². The Hall–Kier alpha value is -1.47. The number of carboxylic acid groups (broad SMARTS) is 1. The third-order valence-corrected chi connectivity index (χ3v) is 3.50. The van der Waals surface area contributed by atoms with Crippen LogP contribution in [0.2, 0.25) is 0 Å². The van der Waals surface area contributed by atoms with Gasteiger partial charge < -0.3 is 15.5 Å². The first-order valence-electron chi connectivity index (χ1n) is 6.61. The van der Waals surface area contributed by atoms with Crippen molar-refractivity contribution in [1.82, 2.24) is 20.3 Å². The molecule has 1 aromatic heterocycles. The van der Waals surface area contributed by atoms with Crippen LogP contribution in [0.15, 0.2) is 0 Å². The fourth-order valence-corrected chi connectivity index (χ4v) is 2.46. The number of rotatable bonds is 5. The van der Waals surface area contributed by atoms with E-state index in [0.717, 1.165) is 25.9 Å². The van der Waals surface area contributed by atoms with Crippen molar-refractivity contribution in [2.24, 2.45) is 5.92 Å². The Morgan fingerprint density at radius 3 is 2.79 bits per heavy atom. The van der Waals surface area contributed by atoms with Crippen LogP contribution in [0.3, 0.4) is 0 Å². The van der Waals surface area contributed by atoms with Gasteiger partial charge in [-0.05, 0) is 31.8 Å². The number of piperidine rings is 1. The van der Waals surface area contributed by atoms with Crippen LogP contribution in [-0.2, 0) is 6.54 Å². The van der Waals surface area contributed by atoms with Crippen molar-refractivity contribution in [3.05, 3.63) is 11.4 Å². The maximum Gasteiger partial charge on any atom is 0.358 e. The van der Waals surface area contributed by atoms with Crippen molar-refractivity contribution in [3.8, 4) is 0 Å². The Kier molecular flexibility index (Phi) is 4.49. The van der Waals surface area contributed by atoms with E-state index in [9.17, 15) is 9.90 Å². The quantitative estimate of drug-likeness (QED) is 0.699. The molecule has 0 aromatic carbocycles. The second-order valence-electron chi connectivity index (χ2n) is 5.12. The number of nitrogens with zero attached hydrogens (tertiary/aromatic N) is 3. The predicted octanol–water partition coefficient (Wildman–Crippen LogP) is 0.0717. The topological polar surface area (TPSA) is 100 Å². The molecule has 0 spiro atoms. The van der Waals surface area contributed by atoms with Gasteiger partial charge in [-0.15, -0.1) is 5.10 Å². The van der Waals surface area contributed by atoms with E-state index in [0.29, 0.717) is 12.2 Å². The van der Waals surface area contributed by atoms with Gasteiger partial charge in [0.05, 0.1) is 5.69 Å². The van der Waals surface area contributed by atoms with E-state index in [1.165, 1.54) is 0 Å². The Morgan fingerprint density at radius 1 is 1.53 bits per heavy atom. The molecule has 0 bridgehead atoms. The summed E-state index contributed by atoms with van der Waals surface area (Å²) in [6, 6.07) is 0. The zero-order chi connectivity index (χ0) is 13.8. The smallest absolute Gasteiger partial charge is 0.358 e. The molecule has 0 aliphatic carbocycles. The minimum Gasteiger partial charge on any atom is -0.476 e. The molecule has 0 radical (unpaired) electrons. The van der Waals surface area contributed by atoms with Gasteiger partial charge in [-0.3, -0.25) is 0 Å². The maximum absolute atomic E-state index is 11.3. The number of carboxylic acids is 1. The predicted molar refractivity (Wildman–Crippen MR) is 68.1 cm³/mol. The molecule has 1 unspecified atom stereocenters. The van der Waals surface area contributed by atoms with Crippen molar-refractivity contribution in [2.75, 3.05) is 19.7 Å². The highest BCUT2D eigenvalue weighted by atomic mass is 16.4. The highest BCUT2D eigenvalue weighted by Gasteiger charge is 2.28. The molecule has 0 saturated carbocycles. The molecule has 2 heterocycles. The van der Waals surface area contributed by atoms with Crippen molar-refractivity contribution in [2.45, 2.75) is 32.2 Å². The summed E-state index contributed by atoms with van der Waals surface area (Å²) >= 11 is 0. The monoisotopic (exact) mass is 268 g/mol. The van der Waals surface area contributed by atoms with Crippen molar-refractivity contribution in [1.29, 1.82) is 0 Å². The van der Waals surface area contributed by atoms with Gasteiger partial charge >= 0.3 is 5.97 Å². The van der Waals surface area contributed by atoms with E-state index in [2.05, 4.69) is 15.6 Å². The Bertz CT molecular complexity index is 440. The van der Waals surface area contributed by atoms with E-state index in [1.807, 2.05) is 6.92 Å².